The van der Waals surface area contributed by atoms with Gasteiger partial charge in [0.1, 0.15) is 5.75 Å². The molecule has 0 aliphatic heterocycles. The number of carbonyl (C=O) groups is 2. The highest BCUT2D eigenvalue weighted by molar-refractivity contribution is 8.13. The van der Waals surface area contributed by atoms with Crippen LogP contribution in [0, 0.1) is 6.92 Å². The number of aldehydes is 1. The number of hydrogen-bond acceptors (Lipinski definition) is 4. The summed E-state index contributed by atoms with van der Waals surface area (Å²) >= 11 is 0.994. The van der Waals surface area contributed by atoms with E-state index in [-0.39, 0.29) is 5.24 Å². The Bertz CT molecular complexity index is 444. The van der Waals surface area contributed by atoms with E-state index in [0.717, 1.165) is 23.6 Å². The van der Waals surface area contributed by atoms with Crippen LogP contribution in [0.25, 0.3) is 0 Å². The summed E-state index contributed by atoms with van der Waals surface area (Å²) in [6.07, 6.45) is 0.737. The van der Waals surface area contributed by atoms with Crippen molar-refractivity contribution in [1.29, 1.82) is 0 Å². The average Bonchev–Trinajstić information content (AvgIpc) is 2.30. The van der Waals surface area contributed by atoms with Gasteiger partial charge in [0.2, 0.25) is 0 Å². The molecule has 0 saturated heterocycles. The number of hydrogen-bond donors (Lipinski definition) is 0. The Morgan fingerprint density at radius 2 is 2.06 bits per heavy atom. The predicted molar refractivity (Wildman–Crippen MR) is 68.1 cm³/mol. The number of ether oxygens (including phenoxy) is 1. The van der Waals surface area contributed by atoms with Crippen LogP contribution in [-0.2, 0) is 0 Å². The van der Waals surface area contributed by atoms with Crippen LogP contribution in [-0.4, -0.2) is 37.6 Å². The van der Waals surface area contributed by atoms with Gasteiger partial charge in [0.05, 0.1) is 12.0 Å². The van der Waals surface area contributed by atoms with Crippen molar-refractivity contribution >= 4 is 23.3 Å². The Hall–Kier alpha value is -1.49. The third-order valence-corrected chi connectivity index (χ3v) is 3.31. The Morgan fingerprint density at radius 1 is 1.41 bits per heavy atom. The highest BCUT2D eigenvalue weighted by Crippen LogP contribution is 2.34. The summed E-state index contributed by atoms with van der Waals surface area (Å²) in [5.41, 5.74) is 1.40. The minimum absolute atomic E-state index is 0.143. The number of carbonyl (C=O) groups excluding carboxylic acids is 2. The van der Waals surface area contributed by atoms with Crippen LogP contribution in [0.1, 0.15) is 15.9 Å². The van der Waals surface area contributed by atoms with E-state index in [1.54, 1.807) is 26.2 Å². The quantitative estimate of drug-likeness (QED) is 0.613. The summed E-state index contributed by atoms with van der Waals surface area (Å²) in [5, 5.41) is -0.143. The van der Waals surface area contributed by atoms with Crippen LogP contribution in [0.15, 0.2) is 17.0 Å². The fourth-order valence-corrected chi connectivity index (χ4v) is 2.12. The van der Waals surface area contributed by atoms with Gasteiger partial charge < -0.3 is 9.64 Å². The number of thioether (sulfide) groups is 1. The first kappa shape index (κ1) is 13.6. The van der Waals surface area contributed by atoms with Crippen molar-refractivity contribution in [3.8, 4) is 5.75 Å². The molecule has 17 heavy (non-hydrogen) atoms. The van der Waals surface area contributed by atoms with E-state index >= 15 is 0 Å². The second-order valence-electron chi connectivity index (χ2n) is 3.77. The van der Waals surface area contributed by atoms with E-state index in [4.69, 9.17) is 4.74 Å². The fourth-order valence-electron chi connectivity index (χ4n) is 1.29. The molecule has 1 rings (SSSR count). The largest absolute Gasteiger partial charge is 0.496 e. The number of aryl methyl sites for hydroxylation is 1. The molecule has 0 N–H and O–H groups in total. The molecule has 4 nitrogen and oxygen atoms in total. The molecule has 5 heteroatoms. The summed E-state index contributed by atoms with van der Waals surface area (Å²) in [4.78, 5) is 24.7. The standard InChI is InChI=1S/C12H15NO3S/c1-8-5-9(7-14)11(10(6-8)16-4)17-12(15)13(2)3/h5-7H,1-4H3. The SMILES string of the molecule is COc1cc(C)cc(C=O)c1SC(=O)N(C)C. The highest BCUT2D eigenvalue weighted by Gasteiger charge is 2.16. The van der Waals surface area contributed by atoms with Crippen LogP contribution in [0.2, 0.25) is 0 Å². The lowest BCUT2D eigenvalue weighted by molar-refractivity contribution is 0.112. The Morgan fingerprint density at radius 3 is 2.53 bits per heavy atom. The zero-order chi connectivity index (χ0) is 13.0. The van der Waals surface area contributed by atoms with Crippen molar-refractivity contribution in [2.24, 2.45) is 0 Å². The van der Waals surface area contributed by atoms with Crippen LogP contribution in [0.3, 0.4) is 0 Å². The molecule has 0 aromatic heterocycles. The van der Waals surface area contributed by atoms with Gasteiger partial charge in [-0.15, -0.1) is 0 Å². The van der Waals surface area contributed by atoms with Crippen LogP contribution >= 0.6 is 11.8 Å². The van der Waals surface area contributed by atoms with Gasteiger partial charge in [-0.2, -0.15) is 0 Å². The first-order valence-electron chi connectivity index (χ1n) is 5.02. The average molecular weight is 253 g/mol. The van der Waals surface area contributed by atoms with Crippen molar-refractivity contribution in [2.45, 2.75) is 11.8 Å². The van der Waals surface area contributed by atoms with Gasteiger partial charge in [0.15, 0.2) is 6.29 Å². The van der Waals surface area contributed by atoms with E-state index in [1.165, 1.54) is 12.0 Å². The van der Waals surface area contributed by atoms with E-state index < -0.39 is 0 Å². The fraction of sp³-hybridized carbons (Fsp3) is 0.333. The van der Waals surface area contributed by atoms with Gasteiger partial charge in [0, 0.05) is 19.7 Å². The Labute approximate surface area is 105 Å². The molecule has 1 aromatic carbocycles. The predicted octanol–water partition coefficient (Wildman–Crippen LogP) is 2.59. The minimum Gasteiger partial charge on any atom is -0.496 e. The van der Waals surface area contributed by atoms with Crippen molar-refractivity contribution < 1.29 is 14.3 Å². The van der Waals surface area contributed by atoms with Crippen molar-refractivity contribution in [3.05, 3.63) is 23.3 Å². The number of benzene rings is 1. The molecule has 0 aliphatic carbocycles. The monoisotopic (exact) mass is 253 g/mol. The zero-order valence-corrected chi connectivity index (χ0v) is 11.1. The lowest BCUT2D eigenvalue weighted by Gasteiger charge is -2.14. The molecule has 0 unspecified atom stereocenters. The summed E-state index contributed by atoms with van der Waals surface area (Å²) < 4.78 is 5.20. The van der Waals surface area contributed by atoms with E-state index in [9.17, 15) is 9.59 Å². The second-order valence-corrected chi connectivity index (χ2v) is 4.73. The summed E-state index contributed by atoms with van der Waals surface area (Å²) in [6, 6.07) is 3.54. The number of amides is 1. The molecule has 1 aromatic rings. The van der Waals surface area contributed by atoms with Gasteiger partial charge in [-0.1, -0.05) is 0 Å². The maximum atomic E-state index is 11.7. The maximum Gasteiger partial charge on any atom is 0.286 e. The first-order chi connectivity index (χ1) is 7.99. The molecular formula is C12H15NO3S. The van der Waals surface area contributed by atoms with Crippen LogP contribution in [0.5, 0.6) is 5.75 Å². The zero-order valence-electron chi connectivity index (χ0n) is 10.3. The van der Waals surface area contributed by atoms with Gasteiger partial charge >= 0.3 is 0 Å². The maximum absolute atomic E-state index is 11.7. The molecule has 0 aliphatic rings. The molecule has 0 atom stereocenters. The van der Waals surface area contributed by atoms with Crippen molar-refractivity contribution in [3.63, 3.8) is 0 Å². The topological polar surface area (TPSA) is 46.6 Å². The summed E-state index contributed by atoms with van der Waals surface area (Å²) in [6.45, 7) is 1.87. The highest BCUT2D eigenvalue weighted by atomic mass is 32.2. The first-order valence-corrected chi connectivity index (χ1v) is 5.84. The molecule has 92 valence electrons. The third kappa shape index (κ3) is 3.23. The molecule has 0 saturated carbocycles. The molecule has 0 bridgehead atoms. The molecular weight excluding hydrogens is 238 g/mol. The molecule has 0 radical (unpaired) electrons. The third-order valence-electron chi connectivity index (χ3n) is 2.13. The molecule has 0 heterocycles. The second kappa shape index (κ2) is 5.72. The van der Waals surface area contributed by atoms with Gasteiger partial charge in [-0.25, -0.2) is 0 Å². The van der Waals surface area contributed by atoms with E-state index in [0.29, 0.717) is 16.2 Å². The lowest BCUT2D eigenvalue weighted by atomic mass is 10.1. The van der Waals surface area contributed by atoms with E-state index in [1.807, 2.05) is 6.92 Å². The molecule has 0 spiro atoms. The summed E-state index contributed by atoms with van der Waals surface area (Å²) in [5.74, 6) is 0.548. The van der Waals surface area contributed by atoms with Gasteiger partial charge in [-0.3, -0.25) is 9.59 Å². The van der Waals surface area contributed by atoms with Gasteiger partial charge in [0.25, 0.3) is 5.24 Å². The van der Waals surface area contributed by atoms with Gasteiger partial charge in [-0.05, 0) is 36.4 Å². The lowest BCUT2D eigenvalue weighted by Crippen LogP contribution is -2.16. The van der Waals surface area contributed by atoms with Crippen molar-refractivity contribution in [2.75, 3.05) is 21.2 Å². The van der Waals surface area contributed by atoms with Crippen molar-refractivity contribution in [1.82, 2.24) is 4.90 Å². The normalized spacial score (nSPS) is 9.88. The number of methoxy groups -OCH3 is 1. The summed E-state index contributed by atoms with van der Waals surface area (Å²) in [7, 11) is 4.85. The van der Waals surface area contributed by atoms with Crippen LogP contribution in [0.4, 0.5) is 4.79 Å². The number of rotatable bonds is 3. The van der Waals surface area contributed by atoms with E-state index in [2.05, 4.69) is 0 Å². The molecule has 0 fully saturated rings. The molecule has 1 amide bonds. The van der Waals surface area contributed by atoms with Crippen LogP contribution < -0.4 is 4.74 Å². The Kier molecular flexibility index (Phi) is 4.57. The minimum atomic E-state index is -0.143. The smallest absolute Gasteiger partial charge is 0.286 e. The number of nitrogens with zero attached hydrogens (tertiary/aromatic N) is 1. The Balaban J connectivity index is 3.20.